The second-order valence-corrected chi connectivity index (χ2v) is 5.24. The molecule has 0 amide bonds. The normalized spacial score (nSPS) is 25.0. The van der Waals surface area contributed by atoms with E-state index in [-0.39, 0.29) is 11.7 Å². The van der Waals surface area contributed by atoms with Gasteiger partial charge in [0.05, 0.1) is 0 Å². The van der Waals surface area contributed by atoms with Crippen molar-refractivity contribution in [1.82, 2.24) is 0 Å². The minimum Gasteiger partial charge on any atom is -0.381 e. The highest BCUT2D eigenvalue weighted by Crippen LogP contribution is 2.19. The number of hydrogen-bond acceptors (Lipinski definition) is 3. The van der Waals surface area contributed by atoms with Gasteiger partial charge in [0.2, 0.25) is 0 Å². The highest BCUT2D eigenvalue weighted by atomic mass is 16.5. The van der Waals surface area contributed by atoms with Gasteiger partial charge in [0.15, 0.2) is 12.1 Å². The van der Waals surface area contributed by atoms with Gasteiger partial charge in [-0.3, -0.25) is 9.59 Å². The molecule has 3 nitrogen and oxygen atoms in total. The number of carbonyl (C=O) groups excluding carboxylic acids is 2. The van der Waals surface area contributed by atoms with Crippen LogP contribution >= 0.6 is 0 Å². The van der Waals surface area contributed by atoms with E-state index in [0.717, 1.165) is 45.3 Å². The molecule has 1 aliphatic rings. The minimum absolute atomic E-state index is 0.0366. The highest BCUT2D eigenvalue weighted by Gasteiger charge is 2.16. The SMILES string of the molecule is O=CC(=O)C1CCCCCCCCOCCCC1. The summed E-state index contributed by atoms with van der Waals surface area (Å²) in [4.78, 5) is 22.1. The van der Waals surface area contributed by atoms with Crippen molar-refractivity contribution in [2.45, 2.75) is 64.2 Å². The lowest BCUT2D eigenvalue weighted by Crippen LogP contribution is -2.16. The topological polar surface area (TPSA) is 43.4 Å². The molecule has 0 bridgehead atoms. The average molecular weight is 254 g/mol. The lowest BCUT2D eigenvalue weighted by Gasteiger charge is -2.13. The zero-order chi connectivity index (χ0) is 13.1. The Morgan fingerprint density at radius 2 is 1.33 bits per heavy atom. The molecule has 0 aromatic rings. The van der Waals surface area contributed by atoms with E-state index in [9.17, 15) is 9.59 Å². The predicted molar refractivity (Wildman–Crippen MR) is 71.6 cm³/mol. The molecule has 0 aliphatic carbocycles. The Morgan fingerprint density at radius 3 is 2.00 bits per heavy atom. The average Bonchev–Trinajstić information content (AvgIpc) is 2.40. The summed E-state index contributed by atoms with van der Waals surface area (Å²) >= 11 is 0. The Kier molecular flexibility index (Phi) is 8.74. The van der Waals surface area contributed by atoms with Gasteiger partial charge in [-0.25, -0.2) is 0 Å². The Morgan fingerprint density at radius 1 is 0.833 bits per heavy atom. The molecule has 0 saturated carbocycles. The molecule has 1 heterocycles. The van der Waals surface area contributed by atoms with Crippen LogP contribution in [0.1, 0.15) is 64.2 Å². The van der Waals surface area contributed by atoms with Crippen LogP contribution in [-0.4, -0.2) is 25.3 Å². The maximum absolute atomic E-state index is 11.5. The Bertz CT molecular complexity index is 224. The summed E-state index contributed by atoms with van der Waals surface area (Å²) in [7, 11) is 0. The fourth-order valence-electron chi connectivity index (χ4n) is 2.52. The number of carbonyl (C=O) groups is 2. The first-order valence-electron chi connectivity index (χ1n) is 7.41. The summed E-state index contributed by atoms with van der Waals surface area (Å²) in [5.74, 6) is -0.242. The molecule has 3 heteroatoms. The molecule has 0 N–H and O–H groups in total. The third-order valence-corrected chi connectivity index (χ3v) is 3.70. The lowest BCUT2D eigenvalue weighted by molar-refractivity contribution is -0.132. The minimum atomic E-state index is -0.206. The molecular weight excluding hydrogens is 228 g/mol. The third-order valence-electron chi connectivity index (χ3n) is 3.70. The molecule has 1 unspecified atom stereocenters. The van der Waals surface area contributed by atoms with E-state index in [2.05, 4.69) is 0 Å². The zero-order valence-corrected chi connectivity index (χ0v) is 11.4. The van der Waals surface area contributed by atoms with Crippen LogP contribution in [-0.2, 0) is 14.3 Å². The first-order chi connectivity index (χ1) is 8.84. The van der Waals surface area contributed by atoms with Gasteiger partial charge in [-0.15, -0.1) is 0 Å². The van der Waals surface area contributed by atoms with E-state index in [1.807, 2.05) is 0 Å². The van der Waals surface area contributed by atoms with Crippen LogP contribution in [0.5, 0.6) is 0 Å². The van der Waals surface area contributed by atoms with Crippen molar-refractivity contribution in [3.05, 3.63) is 0 Å². The maximum Gasteiger partial charge on any atom is 0.198 e. The van der Waals surface area contributed by atoms with Crippen LogP contribution in [0.4, 0.5) is 0 Å². The quantitative estimate of drug-likeness (QED) is 0.561. The van der Waals surface area contributed by atoms with Gasteiger partial charge in [-0.05, 0) is 25.7 Å². The van der Waals surface area contributed by atoms with Gasteiger partial charge in [0, 0.05) is 19.1 Å². The second-order valence-electron chi connectivity index (χ2n) is 5.24. The molecule has 1 atom stereocenters. The first kappa shape index (κ1) is 15.4. The number of hydrogen-bond donors (Lipinski definition) is 0. The van der Waals surface area contributed by atoms with Gasteiger partial charge < -0.3 is 4.74 Å². The fourth-order valence-corrected chi connectivity index (χ4v) is 2.52. The monoisotopic (exact) mass is 254 g/mol. The van der Waals surface area contributed by atoms with Crippen molar-refractivity contribution >= 4 is 12.1 Å². The van der Waals surface area contributed by atoms with Gasteiger partial charge in [-0.1, -0.05) is 38.5 Å². The Labute approximate surface area is 110 Å². The molecular formula is C15H26O3. The number of Topliss-reactive ketones (excluding diaryl/α,β-unsaturated/α-hetero) is 1. The Balaban J connectivity index is 2.33. The van der Waals surface area contributed by atoms with E-state index in [1.54, 1.807) is 0 Å². The van der Waals surface area contributed by atoms with Crippen molar-refractivity contribution < 1.29 is 14.3 Å². The molecule has 0 spiro atoms. The lowest BCUT2D eigenvalue weighted by atomic mass is 9.91. The van der Waals surface area contributed by atoms with Crippen LogP contribution in [0.15, 0.2) is 0 Å². The van der Waals surface area contributed by atoms with E-state index in [4.69, 9.17) is 4.74 Å². The summed E-state index contributed by atoms with van der Waals surface area (Å²) in [6, 6.07) is 0. The van der Waals surface area contributed by atoms with E-state index in [1.165, 1.54) is 32.1 Å². The van der Waals surface area contributed by atoms with Gasteiger partial charge in [-0.2, -0.15) is 0 Å². The van der Waals surface area contributed by atoms with Crippen LogP contribution in [0.25, 0.3) is 0 Å². The van der Waals surface area contributed by atoms with Crippen molar-refractivity contribution in [1.29, 1.82) is 0 Å². The van der Waals surface area contributed by atoms with Crippen molar-refractivity contribution in [2.75, 3.05) is 13.2 Å². The van der Waals surface area contributed by atoms with Crippen LogP contribution in [0.2, 0.25) is 0 Å². The summed E-state index contributed by atoms with van der Waals surface area (Å²) < 4.78 is 5.55. The van der Waals surface area contributed by atoms with E-state index in [0.29, 0.717) is 6.29 Å². The number of aldehydes is 1. The number of ether oxygens (including phenoxy) is 1. The zero-order valence-electron chi connectivity index (χ0n) is 11.4. The largest absolute Gasteiger partial charge is 0.381 e. The molecule has 1 fully saturated rings. The molecule has 18 heavy (non-hydrogen) atoms. The highest BCUT2D eigenvalue weighted by molar-refractivity contribution is 6.25. The summed E-state index contributed by atoms with van der Waals surface area (Å²) in [6.07, 6.45) is 11.4. The summed E-state index contributed by atoms with van der Waals surface area (Å²) in [5, 5.41) is 0. The van der Waals surface area contributed by atoms with Crippen molar-refractivity contribution in [3.63, 3.8) is 0 Å². The first-order valence-corrected chi connectivity index (χ1v) is 7.41. The predicted octanol–water partition coefficient (Wildman–Crippen LogP) is 3.30. The second kappa shape index (κ2) is 10.2. The summed E-state index contributed by atoms with van der Waals surface area (Å²) in [6.45, 7) is 1.67. The molecule has 0 radical (unpaired) electrons. The standard InChI is InChI=1S/C15H26O3/c16-13-15(17)14-9-5-3-1-2-4-7-11-18-12-8-6-10-14/h13-14H,1-12H2. The molecule has 1 saturated heterocycles. The molecule has 104 valence electrons. The molecule has 1 aliphatic heterocycles. The van der Waals surface area contributed by atoms with Gasteiger partial charge in [0.1, 0.15) is 0 Å². The van der Waals surface area contributed by atoms with Crippen LogP contribution in [0.3, 0.4) is 0 Å². The van der Waals surface area contributed by atoms with Crippen molar-refractivity contribution in [2.24, 2.45) is 5.92 Å². The third kappa shape index (κ3) is 6.90. The van der Waals surface area contributed by atoms with Crippen LogP contribution in [0, 0.1) is 5.92 Å². The smallest absolute Gasteiger partial charge is 0.198 e. The van der Waals surface area contributed by atoms with Crippen molar-refractivity contribution in [3.8, 4) is 0 Å². The summed E-state index contributed by atoms with van der Waals surface area (Å²) in [5.41, 5.74) is 0. The number of ketones is 1. The van der Waals surface area contributed by atoms with Gasteiger partial charge in [0.25, 0.3) is 0 Å². The molecule has 0 aromatic heterocycles. The molecule has 0 aromatic carbocycles. The number of rotatable bonds is 2. The van der Waals surface area contributed by atoms with E-state index >= 15 is 0 Å². The van der Waals surface area contributed by atoms with Gasteiger partial charge >= 0.3 is 0 Å². The van der Waals surface area contributed by atoms with E-state index < -0.39 is 0 Å². The molecule has 1 rings (SSSR count). The fraction of sp³-hybridized carbons (Fsp3) is 0.867. The maximum atomic E-state index is 11.5. The van der Waals surface area contributed by atoms with Crippen LogP contribution < -0.4 is 0 Å². The Hall–Kier alpha value is -0.700.